The fourth-order valence-corrected chi connectivity index (χ4v) is 6.12. The first kappa shape index (κ1) is 62.5. The number of carbonyl (C=O) groups excluding carboxylic acids is 1. The summed E-state index contributed by atoms with van der Waals surface area (Å²) in [6.45, 7) is 12.5. The van der Waals surface area contributed by atoms with Gasteiger partial charge in [-0.2, -0.15) is 0 Å². The van der Waals surface area contributed by atoms with E-state index in [1.165, 1.54) is 12.8 Å². The fraction of sp³-hybridized carbons (Fsp3) is 0.327. The van der Waals surface area contributed by atoms with E-state index in [0.717, 1.165) is 119 Å². The van der Waals surface area contributed by atoms with Crippen LogP contribution in [0.15, 0.2) is 146 Å². The topological polar surface area (TPSA) is 158 Å². The van der Waals surface area contributed by atoms with Gasteiger partial charge in [0.05, 0.1) is 40.7 Å². The number of aromatic nitrogens is 6. The summed E-state index contributed by atoms with van der Waals surface area (Å²) in [5.74, 6) is 5.20. The van der Waals surface area contributed by atoms with Crippen LogP contribution in [-0.4, -0.2) is 97.0 Å². The number of carbonyl (C=O) groups is 1. The van der Waals surface area contributed by atoms with Gasteiger partial charge in [-0.1, -0.05) is 49.2 Å². The van der Waals surface area contributed by atoms with Crippen molar-refractivity contribution in [2.75, 3.05) is 45.9 Å². The van der Waals surface area contributed by atoms with Crippen molar-refractivity contribution in [3.63, 3.8) is 0 Å². The van der Waals surface area contributed by atoms with Crippen LogP contribution in [-0.2, 0) is 53.7 Å². The third-order valence-electron chi connectivity index (χ3n) is 9.31. The molecule has 1 aliphatic heterocycles. The van der Waals surface area contributed by atoms with Gasteiger partial charge in [-0.25, -0.2) is 0 Å². The zero-order chi connectivity index (χ0) is 47.0. The van der Waals surface area contributed by atoms with Crippen molar-refractivity contribution >= 4 is 6.47 Å². The molecular formula is C52H64K2N10O4. The predicted octanol–water partition coefficient (Wildman–Crippen LogP) is 0.0544. The maximum atomic E-state index is 8.64. The van der Waals surface area contributed by atoms with E-state index in [4.69, 9.17) is 27.6 Å². The molecule has 0 aromatic carbocycles. The Balaban J connectivity index is 0.00000103. The molecule has 1 aliphatic rings. The molecule has 0 spiro atoms. The van der Waals surface area contributed by atoms with Crippen molar-refractivity contribution in [1.29, 1.82) is 0 Å². The molecule has 68 heavy (non-hydrogen) atoms. The average molecular weight is 971 g/mol. The van der Waals surface area contributed by atoms with Gasteiger partial charge in [-0.05, 0) is 85.6 Å². The van der Waals surface area contributed by atoms with E-state index in [1.807, 2.05) is 129 Å². The molecule has 16 heteroatoms. The average Bonchev–Trinajstić information content (AvgIpc) is 3.98. The van der Waals surface area contributed by atoms with Crippen LogP contribution < -0.4 is 113 Å². The minimum atomic E-state index is -0.181. The SMILES string of the molecule is C#CCC.C#CCN(CCN(Cc1ccccn1)Cc1ccccn1)Cc1ccccn1.C1CCOC1.O=CO[O-].[H-].[K+].[K+].c1ccc(CNCCN(Cc2ccccn2)Cc2ccccn2)nc1. The molecule has 0 atom stereocenters. The summed E-state index contributed by atoms with van der Waals surface area (Å²) >= 11 is 0. The van der Waals surface area contributed by atoms with Crippen LogP contribution in [0.4, 0.5) is 0 Å². The van der Waals surface area contributed by atoms with Gasteiger partial charge in [0.1, 0.15) is 0 Å². The number of nitrogens with zero attached hydrogens (tertiary/aromatic N) is 9. The number of rotatable bonds is 20. The third-order valence-corrected chi connectivity index (χ3v) is 9.31. The Bertz CT molecular complexity index is 2060. The molecule has 6 aromatic heterocycles. The van der Waals surface area contributed by atoms with Crippen LogP contribution in [0.25, 0.3) is 0 Å². The first-order valence-corrected chi connectivity index (χ1v) is 22.0. The number of terminal acetylenes is 2. The van der Waals surface area contributed by atoms with Gasteiger partial charge in [-0.3, -0.25) is 49.4 Å². The summed E-state index contributed by atoms with van der Waals surface area (Å²) in [7, 11) is 0. The Labute approximate surface area is 490 Å². The Hall–Kier alpha value is -3.48. The minimum absolute atomic E-state index is 0. The number of hydrogen-bond donors (Lipinski definition) is 1. The van der Waals surface area contributed by atoms with Crippen LogP contribution in [0, 0.1) is 24.7 Å². The van der Waals surface area contributed by atoms with Crippen molar-refractivity contribution in [3.05, 3.63) is 181 Å². The largest absolute Gasteiger partial charge is 1.00 e. The van der Waals surface area contributed by atoms with Crippen LogP contribution in [0.5, 0.6) is 0 Å². The molecule has 1 N–H and O–H groups in total. The van der Waals surface area contributed by atoms with E-state index >= 15 is 0 Å². The van der Waals surface area contributed by atoms with Gasteiger partial charge in [0.2, 0.25) is 0 Å². The third kappa shape index (κ3) is 31.6. The maximum absolute atomic E-state index is 8.64. The van der Waals surface area contributed by atoms with Crippen LogP contribution in [0.1, 0.15) is 61.8 Å². The summed E-state index contributed by atoms with van der Waals surface area (Å²) < 4.78 is 4.94. The second-order valence-corrected chi connectivity index (χ2v) is 14.5. The molecule has 348 valence electrons. The molecule has 14 nitrogen and oxygen atoms in total. The second-order valence-electron chi connectivity index (χ2n) is 14.5. The Morgan fingerprint density at radius 1 is 0.588 bits per heavy atom. The quantitative estimate of drug-likeness (QED) is 0.0274. The Kier molecular flexibility index (Phi) is 40.0. The second kappa shape index (κ2) is 43.5. The molecule has 7 heterocycles. The minimum Gasteiger partial charge on any atom is -1.00 e. The van der Waals surface area contributed by atoms with Crippen LogP contribution in [0.2, 0.25) is 0 Å². The summed E-state index contributed by atoms with van der Waals surface area (Å²) in [4.78, 5) is 44.8. The zero-order valence-corrected chi connectivity index (χ0v) is 46.3. The summed E-state index contributed by atoms with van der Waals surface area (Å²) in [5.41, 5.74) is 6.33. The normalized spacial score (nSPS) is 10.9. The van der Waals surface area contributed by atoms with Crippen molar-refractivity contribution in [2.24, 2.45) is 0 Å². The zero-order valence-electron chi connectivity index (χ0n) is 41.1. The van der Waals surface area contributed by atoms with Gasteiger partial charge in [0.15, 0.2) is 0 Å². The molecule has 1 saturated heterocycles. The number of pyridine rings is 6. The van der Waals surface area contributed by atoms with E-state index in [-0.39, 0.29) is 111 Å². The van der Waals surface area contributed by atoms with Crippen LogP contribution in [0.3, 0.4) is 0 Å². The molecule has 0 radical (unpaired) electrons. The monoisotopic (exact) mass is 970 g/mol. The maximum Gasteiger partial charge on any atom is 1.00 e. The number of ether oxygens (including phenoxy) is 1. The van der Waals surface area contributed by atoms with Crippen molar-refractivity contribution in [3.8, 4) is 24.7 Å². The Morgan fingerprint density at radius 2 is 0.912 bits per heavy atom. The standard InChI is InChI=1S/C23H25N5.C20H23N5.C4H8O.C4H6.CH2O3.2K.H/c1-2-15-27(18-21-9-3-6-12-24-21)16-17-28(19-22-10-4-7-13-25-22)20-23-11-5-8-14-26-23;1-4-10-22-18(7-1)15-21-13-14-25(16-19-8-2-5-11-23-19)17-20-9-3-6-12-24-20;1-2-4-5-3-1;1-3-4-2;2-1-4-3;;;/h1,3-14H,15-20H2;1-12,21H,13-17H2;1-4H2;1H,4H2,2H3;1,3H;;;/q;;;;;2*+1;-1/p-1. The molecule has 0 aliphatic carbocycles. The smallest absolute Gasteiger partial charge is 1.00 e. The van der Waals surface area contributed by atoms with E-state index in [2.05, 4.69) is 90.9 Å². The van der Waals surface area contributed by atoms with E-state index in [9.17, 15) is 0 Å². The predicted molar refractivity (Wildman–Crippen MR) is 257 cm³/mol. The fourth-order valence-electron chi connectivity index (χ4n) is 6.12. The van der Waals surface area contributed by atoms with Crippen LogP contribution >= 0.6 is 0 Å². The van der Waals surface area contributed by atoms with Gasteiger partial charge >= 0.3 is 103 Å². The van der Waals surface area contributed by atoms with E-state index in [0.29, 0.717) is 6.54 Å². The summed E-state index contributed by atoms with van der Waals surface area (Å²) in [6, 6.07) is 36.0. The molecule has 0 saturated carbocycles. The Morgan fingerprint density at radius 3 is 1.19 bits per heavy atom. The molecule has 7 rings (SSSR count). The first-order chi connectivity index (χ1) is 32.6. The molecule has 1 fully saturated rings. The van der Waals surface area contributed by atoms with Gasteiger partial charge in [0, 0.05) is 122 Å². The van der Waals surface area contributed by atoms with Gasteiger partial charge in [0.25, 0.3) is 6.47 Å². The molecular weight excluding hydrogens is 907 g/mol. The van der Waals surface area contributed by atoms with Crippen molar-refractivity contribution in [2.45, 2.75) is 65.5 Å². The molecule has 0 amide bonds. The summed E-state index contributed by atoms with van der Waals surface area (Å²) in [5, 5.41) is 11.9. The molecule has 6 aromatic rings. The number of hydrogen-bond acceptors (Lipinski definition) is 14. The van der Waals surface area contributed by atoms with Gasteiger partial charge < -0.3 is 21.6 Å². The number of nitrogens with one attached hydrogen (secondary N) is 1. The van der Waals surface area contributed by atoms with Crippen molar-refractivity contribution < 1.29 is 124 Å². The van der Waals surface area contributed by atoms with Crippen molar-refractivity contribution in [1.82, 2.24) is 49.9 Å². The first-order valence-electron chi connectivity index (χ1n) is 22.0. The van der Waals surface area contributed by atoms with Gasteiger partial charge in [-0.15, -0.1) is 18.8 Å². The van der Waals surface area contributed by atoms with E-state index < -0.39 is 0 Å². The molecule has 0 unspecified atom stereocenters. The molecule has 0 bridgehead atoms. The van der Waals surface area contributed by atoms with E-state index in [1.54, 1.807) is 0 Å². The summed E-state index contributed by atoms with van der Waals surface area (Å²) in [6.07, 6.45) is 24.8.